The van der Waals surface area contributed by atoms with Crippen LogP contribution in [0.15, 0.2) is 0 Å². The van der Waals surface area contributed by atoms with E-state index in [0.29, 0.717) is 18.1 Å². The summed E-state index contributed by atoms with van der Waals surface area (Å²) in [6.45, 7) is 2.94. The quantitative estimate of drug-likeness (QED) is 0.623. The minimum atomic E-state index is -0.0647. The molecule has 0 fully saturated rings. The second-order valence-electron chi connectivity index (χ2n) is 3.67. The molecule has 0 saturated heterocycles. The molecule has 2 N–H and O–H groups in total. The lowest BCUT2D eigenvalue weighted by Gasteiger charge is -2.08. The number of hydrogen-bond acceptors (Lipinski definition) is 4. The highest BCUT2D eigenvalue weighted by Crippen LogP contribution is 2.28. The number of unbranched alkanes of at least 4 members (excludes halogenated alkanes) is 1. The lowest BCUT2D eigenvalue weighted by Crippen LogP contribution is -2.06. The molecule has 1 aromatic rings. The van der Waals surface area contributed by atoms with E-state index in [2.05, 4.69) is 27.5 Å². The van der Waals surface area contributed by atoms with E-state index in [1.165, 1.54) is 0 Å². The van der Waals surface area contributed by atoms with Crippen molar-refractivity contribution >= 4 is 29.1 Å². The summed E-state index contributed by atoms with van der Waals surface area (Å²) in [7, 11) is 0. The highest BCUT2D eigenvalue weighted by Gasteiger charge is 2.24. The molecule has 5 nitrogen and oxygen atoms in total. The van der Waals surface area contributed by atoms with Crippen molar-refractivity contribution in [2.24, 2.45) is 0 Å². The van der Waals surface area contributed by atoms with Gasteiger partial charge in [0.25, 0.3) is 0 Å². The summed E-state index contributed by atoms with van der Waals surface area (Å²) < 4.78 is 0. The van der Waals surface area contributed by atoms with Gasteiger partial charge in [0.05, 0.1) is 6.42 Å². The maximum Gasteiger partial charge on any atom is 0.230 e. The van der Waals surface area contributed by atoms with Gasteiger partial charge in [-0.25, -0.2) is 4.98 Å². The normalized spacial score (nSPS) is 13.5. The fraction of sp³-hybridized carbons (Fsp3) is 0.500. The highest BCUT2D eigenvalue weighted by molar-refractivity contribution is 6.28. The van der Waals surface area contributed by atoms with Crippen LogP contribution in [0.2, 0.25) is 5.28 Å². The first-order chi connectivity index (χ1) is 7.70. The van der Waals surface area contributed by atoms with Crippen molar-refractivity contribution in [3.05, 3.63) is 10.8 Å². The summed E-state index contributed by atoms with van der Waals surface area (Å²) >= 11 is 5.78. The van der Waals surface area contributed by atoms with Crippen LogP contribution in [-0.2, 0) is 11.2 Å². The molecule has 2 heterocycles. The predicted octanol–water partition coefficient (Wildman–Crippen LogP) is 1.84. The standard InChI is InChI=1S/C10H13ClN4O/c1-2-3-4-12-8-6-5-7(16)13-9(6)15-10(11)14-8/h2-5H2,1H3,(H2,12,13,14,15,16). The molecule has 0 aromatic carbocycles. The Morgan fingerprint density at radius 3 is 3.06 bits per heavy atom. The molecule has 0 aliphatic carbocycles. The van der Waals surface area contributed by atoms with E-state index in [9.17, 15) is 4.79 Å². The molecule has 1 amide bonds. The Morgan fingerprint density at radius 2 is 2.31 bits per heavy atom. The van der Waals surface area contributed by atoms with E-state index in [4.69, 9.17) is 11.6 Å². The molecule has 0 saturated carbocycles. The van der Waals surface area contributed by atoms with Gasteiger partial charge in [-0.1, -0.05) is 13.3 Å². The van der Waals surface area contributed by atoms with Crippen LogP contribution in [0.1, 0.15) is 25.3 Å². The monoisotopic (exact) mass is 240 g/mol. The van der Waals surface area contributed by atoms with Gasteiger partial charge < -0.3 is 10.6 Å². The zero-order valence-electron chi connectivity index (χ0n) is 9.01. The Morgan fingerprint density at radius 1 is 1.50 bits per heavy atom. The van der Waals surface area contributed by atoms with E-state index in [1.807, 2.05) is 0 Å². The number of nitrogens with one attached hydrogen (secondary N) is 2. The Labute approximate surface area is 98.6 Å². The van der Waals surface area contributed by atoms with E-state index in [1.54, 1.807) is 0 Å². The van der Waals surface area contributed by atoms with Crippen molar-refractivity contribution in [1.29, 1.82) is 0 Å². The van der Waals surface area contributed by atoms with Crippen LogP contribution in [0.4, 0.5) is 11.6 Å². The van der Waals surface area contributed by atoms with Gasteiger partial charge >= 0.3 is 0 Å². The van der Waals surface area contributed by atoms with Gasteiger partial charge in [-0.3, -0.25) is 4.79 Å². The molecule has 16 heavy (non-hydrogen) atoms. The Bertz CT molecular complexity index is 422. The molecule has 86 valence electrons. The summed E-state index contributed by atoms with van der Waals surface area (Å²) in [5.74, 6) is 1.14. The van der Waals surface area contributed by atoms with Crippen LogP contribution in [0.5, 0.6) is 0 Å². The van der Waals surface area contributed by atoms with Crippen LogP contribution in [0.25, 0.3) is 0 Å². The number of nitrogens with zero attached hydrogens (tertiary/aromatic N) is 2. The van der Waals surface area contributed by atoms with Gasteiger partial charge in [0.1, 0.15) is 11.6 Å². The lowest BCUT2D eigenvalue weighted by molar-refractivity contribution is -0.115. The Hall–Kier alpha value is -1.36. The highest BCUT2D eigenvalue weighted by atomic mass is 35.5. The van der Waals surface area contributed by atoms with Crippen molar-refractivity contribution in [2.45, 2.75) is 26.2 Å². The number of hydrogen-bond donors (Lipinski definition) is 2. The first-order valence-corrected chi connectivity index (χ1v) is 5.68. The largest absolute Gasteiger partial charge is 0.370 e. The summed E-state index contributed by atoms with van der Waals surface area (Å²) in [4.78, 5) is 19.3. The maximum absolute atomic E-state index is 11.2. The van der Waals surface area contributed by atoms with Crippen LogP contribution in [-0.4, -0.2) is 22.4 Å². The third-order valence-electron chi connectivity index (χ3n) is 2.40. The fourth-order valence-corrected chi connectivity index (χ4v) is 1.76. The summed E-state index contributed by atoms with van der Waals surface area (Å²) in [6, 6.07) is 0. The average Bonchev–Trinajstić information content (AvgIpc) is 2.58. The summed E-state index contributed by atoms with van der Waals surface area (Å²) in [5, 5.41) is 5.99. The number of aromatic nitrogens is 2. The molecule has 1 aromatic heterocycles. The number of amides is 1. The average molecular weight is 241 g/mol. The van der Waals surface area contributed by atoms with Crippen molar-refractivity contribution in [1.82, 2.24) is 9.97 Å². The second-order valence-corrected chi connectivity index (χ2v) is 4.01. The number of anilines is 2. The van der Waals surface area contributed by atoms with E-state index < -0.39 is 0 Å². The molecule has 0 radical (unpaired) electrons. The van der Waals surface area contributed by atoms with Gasteiger partial charge in [-0.05, 0) is 18.0 Å². The second kappa shape index (κ2) is 4.65. The molecule has 2 rings (SSSR count). The molecule has 0 atom stereocenters. The van der Waals surface area contributed by atoms with Crippen molar-refractivity contribution in [3.8, 4) is 0 Å². The molecular formula is C10H13ClN4O. The third-order valence-corrected chi connectivity index (χ3v) is 2.57. The zero-order valence-corrected chi connectivity index (χ0v) is 9.76. The topological polar surface area (TPSA) is 66.9 Å². The molecule has 0 unspecified atom stereocenters. The van der Waals surface area contributed by atoms with Crippen LogP contribution in [0, 0.1) is 0 Å². The van der Waals surface area contributed by atoms with E-state index in [0.717, 1.165) is 24.9 Å². The number of rotatable bonds is 4. The zero-order chi connectivity index (χ0) is 11.5. The predicted molar refractivity (Wildman–Crippen MR) is 62.8 cm³/mol. The smallest absolute Gasteiger partial charge is 0.230 e. The first-order valence-electron chi connectivity index (χ1n) is 5.31. The van der Waals surface area contributed by atoms with Crippen LogP contribution >= 0.6 is 11.6 Å². The Kier molecular flexibility index (Phi) is 3.24. The minimum Gasteiger partial charge on any atom is -0.370 e. The molecule has 6 heteroatoms. The van der Waals surface area contributed by atoms with Crippen LogP contribution in [0.3, 0.4) is 0 Å². The van der Waals surface area contributed by atoms with Gasteiger partial charge in [0.15, 0.2) is 0 Å². The van der Waals surface area contributed by atoms with Crippen molar-refractivity contribution in [3.63, 3.8) is 0 Å². The molecule has 0 spiro atoms. The number of halogens is 1. The van der Waals surface area contributed by atoms with E-state index >= 15 is 0 Å². The van der Waals surface area contributed by atoms with E-state index in [-0.39, 0.29) is 11.2 Å². The van der Waals surface area contributed by atoms with Gasteiger partial charge in [0, 0.05) is 12.1 Å². The van der Waals surface area contributed by atoms with Crippen molar-refractivity contribution in [2.75, 3.05) is 17.2 Å². The molecule has 1 aliphatic rings. The SMILES string of the molecule is CCCCNc1nc(Cl)nc2c1CC(=O)N2. The van der Waals surface area contributed by atoms with Gasteiger partial charge in [-0.15, -0.1) is 0 Å². The van der Waals surface area contributed by atoms with Gasteiger partial charge in [0.2, 0.25) is 11.2 Å². The number of fused-ring (bicyclic) bond motifs is 1. The molecule has 1 aliphatic heterocycles. The summed E-state index contributed by atoms with van der Waals surface area (Å²) in [5.41, 5.74) is 0.811. The van der Waals surface area contributed by atoms with Crippen LogP contribution < -0.4 is 10.6 Å². The Balaban J connectivity index is 2.21. The number of carbonyl (C=O) groups is 1. The van der Waals surface area contributed by atoms with Gasteiger partial charge in [-0.2, -0.15) is 4.98 Å². The number of carbonyl (C=O) groups excluding carboxylic acids is 1. The first kappa shape index (κ1) is 11.1. The summed E-state index contributed by atoms with van der Waals surface area (Å²) in [6.07, 6.45) is 2.48. The maximum atomic E-state index is 11.2. The molecular weight excluding hydrogens is 228 g/mol. The molecule has 0 bridgehead atoms. The van der Waals surface area contributed by atoms with Crippen molar-refractivity contribution < 1.29 is 4.79 Å². The minimum absolute atomic E-state index is 0.0647. The third kappa shape index (κ3) is 2.24. The lowest BCUT2D eigenvalue weighted by atomic mass is 10.2. The fourth-order valence-electron chi connectivity index (χ4n) is 1.59.